The van der Waals surface area contributed by atoms with Gasteiger partial charge in [0, 0.05) is 29.7 Å². The van der Waals surface area contributed by atoms with Gasteiger partial charge in [-0.3, -0.25) is 0 Å². The van der Waals surface area contributed by atoms with Crippen molar-refractivity contribution in [1.29, 1.82) is 0 Å². The number of fused-ring (bicyclic) bond motifs is 1. The molecule has 0 bridgehead atoms. The molecule has 2 amide bonds. The maximum Gasteiger partial charge on any atom is 0.339 e. The van der Waals surface area contributed by atoms with Crippen LogP contribution in [0.15, 0.2) is 60.0 Å². The molecule has 2 aromatic carbocycles. The summed E-state index contributed by atoms with van der Waals surface area (Å²) in [6.45, 7) is 0. The van der Waals surface area contributed by atoms with Crippen LogP contribution >= 0.6 is 0 Å². The lowest BCUT2D eigenvalue weighted by Gasteiger charge is -2.13. The lowest BCUT2D eigenvalue weighted by Crippen LogP contribution is -2.24. The van der Waals surface area contributed by atoms with E-state index in [0.29, 0.717) is 34.2 Å². The molecule has 0 spiro atoms. The lowest BCUT2D eigenvalue weighted by molar-refractivity contribution is 0.252. The van der Waals surface area contributed by atoms with Gasteiger partial charge in [-0.15, -0.1) is 0 Å². The van der Waals surface area contributed by atoms with E-state index in [1.165, 1.54) is 39.7 Å². The van der Waals surface area contributed by atoms with Crippen molar-refractivity contribution in [2.45, 2.75) is 0 Å². The Morgan fingerprint density at radius 1 is 1.00 bits per heavy atom. The summed E-state index contributed by atoms with van der Waals surface area (Å²) in [5, 5.41) is 7.13. The molecule has 0 fully saturated rings. The fourth-order valence-corrected chi connectivity index (χ4v) is 3.35. The van der Waals surface area contributed by atoms with Crippen molar-refractivity contribution < 1.29 is 28.1 Å². The highest BCUT2D eigenvalue weighted by molar-refractivity contribution is 5.91. The zero-order valence-electron chi connectivity index (χ0n) is 19.1. The molecule has 4 aromatic rings. The predicted octanol–water partition coefficient (Wildman–Crippen LogP) is 4.68. The SMILES string of the molecule is COc1ccc(/C=N/NC(=O)Nc2ccc(Oc3ccnc4[nH]ccc34)c(F)c2)c(OC)c1OC. The van der Waals surface area contributed by atoms with Crippen molar-refractivity contribution >= 4 is 29.0 Å². The number of nitrogens with zero attached hydrogens (tertiary/aromatic N) is 2. The third-order valence-electron chi connectivity index (χ3n) is 4.93. The quantitative estimate of drug-likeness (QED) is 0.250. The molecule has 0 aliphatic heterocycles. The van der Waals surface area contributed by atoms with Gasteiger partial charge in [0.25, 0.3) is 0 Å². The zero-order chi connectivity index (χ0) is 24.8. The number of ether oxygens (including phenoxy) is 4. The molecule has 0 aliphatic carbocycles. The lowest BCUT2D eigenvalue weighted by atomic mass is 10.2. The zero-order valence-corrected chi connectivity index (χ0v) is 19.1. The van der Waals surface area contributed by atoms with Crippen LogP contribution in [0.25, 0.3) is 11.0 Å². The fourth-order valence-electron chi connectivity index (χ4n) is 3.35. The standard InChI is InChI=1S/C24H22FN5O5/c1-32-20-6-4-14(21(33-2)22(20)34-3)13-28-30-24(31)29-15-5-7-19(17(25)12-15)35-18-9-11-27-23-16(18)8-10-26-23/h4-13H,1-3H3,(H,26,27)(H2,29,30,31)/b28-13+. The molecule has 4 rings (SSSR count). The van der Waals surface area contributed by atoms with E-state index in [-0.39, 0.29) is 11.4 Å². The van der Waals surface area contributed by atoms with E-state index in [9.17, 15) is 9.18 Å². The number of aromatic nitrogens is 2. The number of urea groups is 1. The number of methoxy groups -OCH3 is 3. The Morgan fingerprint density at radius 3 is 2.54 bits per heavy atom. The van der Waals surface area contributed by atoms with Gasteiger partial charge >= 0.3 is 6.03 Å². The first-order valence-electron chi connectivity index (χ1n) is 10.3. The van der Waals surface area contributed by atoms with Crippen molar-refractivity contribution in [3.63, 3.8) is 0 Å². The van der Waals surface area contributed by atoms with Crippen LogP contribution in [0.5, 0.6) is 28.7 Å². The number of benzene rings is 2. The van der Waals surface area contributed by atoms with Crippen LogP contribution in [0.3, 0.4) is 0 Å². The van der Waals surface area contributed by atoms with E-state index in [1.807, 2.05) is 0 Å². The van der Waals surface area contributed by atoms with Gasteiger partial charge in [0.05, 0.1) is 32.9 Å². The number of carbonyl (C=O) groups excluding carboxylic acids is 1. The molecular formula is C24H22FN5O5. The van der Waals surface area contributed by atoms with Crippen LogP contribution in [-0.4, -0.2) is 43.5 Å². The summed E-state index contributed by atoms with van der Waals surface area (Å²) in [4.78, 5) is 19.3. The number of anilines is 1. The molecule has 0 atom stereocenters. The maximum absolute atomic E-state index is 14.6. The maximum atomic E-state index is 14.6. The summed E-state index contributed by atoms with van der Waals surface area (Å²) in [6, 6.07) is 10.2. The minimum Gasteiger partial charge on any atom is -0.493 e. The molecule has 2 heterocycles. The first-order chi connectivity index (χ1) is 17.0. The largest absolute Gasteiger partial charge is 0.493 e. The van der Waals surface area contributed by atoms with Crippen molar-refractivity contribution in [2.75, 3.05) is 26.6 Å². The number of aromatic amines is 1. The molecule has 0 radical (unpaired) electrons. The van der Waals surface area contributed by atoms with Crippen molar-refractivity contribution in [3.05, 3.63) is 66.2 Å². The topological polar surface area (TPSA) is 119 Å². The molecule has 3 N–H and O–H groups in total. The molecule has 10 nitrogen and oxygen atoms in total. The van der Waals surface area contributed by atoms with Gasteiger partial charge in [0.2, 0.25) is 5.75 Å². The minimum atomic E-state index is -0.670. The number of amides is 2. The molecule has 0 saturated carbocycles. The molecule has 0 aliphatic rings. The van der Waals surface area contributed by atoms with E-state index in [4.69, 9.17) is 18.9 Å². The van der Waals surface area contributed by atoms with Crippen molar-refractivity contribution in [2.24, 2.45) is 5.10 Å². The van der Waals surface area contributed by atoms with Crippen LogP contribution in [-0.2, 0) is 0 Å². The summed E-state index contributed by atoms with van der Waals surface area (Å²) in [7, 11) is 4.48. The highest BCUT2D eigenvalue weighted by atomic mass is 19.1. The average molecular weight is 479 g/mol. The second-order valence-corrected chi connectivity index (χ2v) is 7.04. The van der Waals surface area contributed by atoms with Crippen molar-refractivity contribution in [1.82, 2.24) is 15.4 Å². The van der Waals surface area contributed by atoms with Gasteiger partial charge < -0.3 is 29.2 Å². The van der Waals surface area contributed by atoms with E-state index >= 15 is 0 Å². The Hall–Kier alpha value is -4.80. The Balaban J connectivity index is 1.40. The second kappa shape index (κ2) is 10.4. The summed E-state index contributed by atoms with van der Waals surface area (Å²) in [6.07, 6.45) is 4.66. The van der Waals surface area contributed by atoms with Crippen LogP contribution in [0.4, 0.5) is 14.9 Å². The van der Waals surface area contributed by atoms with E-state index < -0.39 is 11.8 Å². The van der Waals surface area contributed by atoms with E-state index in [1.54, 1.807) is 36.7 Å². The number of pyridine rings is 1. The molecule has 35 heavy (non-hydrogen) atoms. The van der Waals surface area contributed by atoms with Gasteiger partial charge in [-0.2, -0.15) is 5.10 Å². The highest BCUT2D eigenvalue weighted by Crippen LogP contribution is 2.39. The molecule has 0 unspecified atom stereocenters. The number of nitrogens with one attached hydrogen (secondary N) is 3. The molecule has 11 heteroatoms. The summed E-state index contributed by atoms with van der Waals surface area (Å²) in [5.74, 6) is 1.08. The van der Waals surface area contributed by atoms with Gasteiger partial charge in [-0.05, 0) is 36.4 Å². The van der Waals surface area contributed by atoms with Crippen LogP contribution in [0, 0.1) is 5.82 Å². The summed E-state index contributed by atoms with van der Waals surface area (Å²) < 4.78 is 36.2. The van der Waals surface area contributed by atoms with E-state index in [0.717, 1.165) is 11.5 Å². The molecule has 0 saturated heterocycles. The monoisotopic (exact) mass is 479 g/mol. The van der Waals surface area contributed by atoms with Gasteiger partial charge in [-0.1, -0.05) is 0 Å². The van der Waals surface area contributed by atoms with E-state index in [2.05, 4.69) is 25.8 Å². The van der Waals surface area contributed by atoms with Crippen LogP contribution in [0.2, 0.25) is 0 Å². The Kier molecular flexibility index (Phi) is 6.96. The predicted molar refractivity (Wildman–Crippen MR) is 128 cm³/mol. The third kappa shape index (κ3) is 5.08. The Labute approximate surface area is 199 Å². The van der Waals surface area contributed by atoms with Gasteiger partial charge in [-0.25, -0.2) is 19.6 Å². The van der Waals surface area contributed by atoms with Crippen LogP contribution < -0.4 is 29.7 Å². The third-order valence-corrected chi connectivity index (χ3v) is 4.93. The summed E-state index contributed by atoms with van der Waals surface area (Å²) in [5.41, 5.74) is 3.71. The number of H-pyrrole nitrogens is 1. The van der Waals surface area contributed by atoms with Gasteiger partial charge in [0.15, 0.2) is 23.1 Å². The first kappa shape index (κ1) is 23.4. The van der Waals surface area contributed by atoms with Gasteiger partial charge in [0.1, 0.15) is 11.4 Å². The normalized spacial score (nSPS) is 10.9. The van der Waals surface area contributed by atoms with Crippen molar-refractivity contribution in [3.8, 4) is 28.7 Å². The number of halogens is 1. The smallest absolute Gasteiger partial charge is 0.339 e. The molecule has 2 aromatic heterocycles. The number of hydrazone groups is 1. The minimum absolute atomic E-state index is 0.00299. The molecular weight excluding hydrogens is 457 g/mol. The Morgan fingerprint density at radius 2 is 1.80 bits per heavy atom. The summed E-state index contributed by atoms with van der Waals surface area (Å²) >= 11 is 0. The fraction of sp³-hybridized carbons (Fsp3) is 0.125. The number of rotatable bonds is 8. The highest BCUT2D eigenvalue weighted by Gasteiger charge is 2.15. The van der Waals surface area contributed by atoms with Crippen LogP contribution in [0.1, 0.15) is 5.56 Å². The average Bonchev–Trinajstić information content (AvgIpc) is 3.35. The number of carbonyl (C=O) groups is 1. The number of hydrogen-bond acceptors (Lipinski definition) is 7. The number of hydrogen-bond donors (Lipinski definition) is 3. The molecule has 180 valence electrons. The Bertz CT molecular complexity index is 1390. The second-order valence-electron chi connectivity index (χ2n) is 7.04. The first-order valence-corrected chi connectivity index (χ1v) is 10.3.